The van der Waals surface area contributed by atoms with E-state index in [-0.39, 0.29) is 5.82 Å². The van der Waals surface area contributed by atoms with Crippen molar-refractivity contribution in [2.45, 2.75) is 38.9 Å². The zero-order valence-corrected chi connectivity index (χ0v) is 11.2. The lowest BCUT2D eigenvalue weighted by atomic mass is 9.84. The molecule has 0 unspecified atom stereocenters. The number of hydrogen-bond acceptors (Lipinski definition) is 3. The van der Waals surface area contributed by atoms with E-state index in [1.54, 1.807) is 0 Å². The Morgan fingerprint density at radius 1 is 1.22 bits per heavy atom. The maximum atomic E-state index is 13.5. The first-order valence-electron chi connectivity index (χ1n) is 5.91. The summed E-state index contributed by atoms with van der Waals surface area (Å²) < 4.78 is 25.1. The van der Waals surface area contributed by atoms with Crippen LogP contribution in [0.1, 0.15) is 33.4 Å². The third-order valence-corrected chi connectivity index (χ3v) is 3.53. The molecule has 0 atom stereocenters. The Hall–Kier alpha value is -1.20. The third-order valence-electron chi connectivity index (χ3n) is 3.53. The monoisotopic (exact) mass is 249 g/mol. The zero-order valence-electron chi connectivity index (χ0n) is 11.2. The molecule has 2 rings (SSSR count). The van der Waals surface area contributed by atoms with E-state index in [4.69, 9.17) is 9.31 Å². The van der Waals surface area contributed by atoms with Crippen LogP contribution in [0.4, 0.5) is 4.39 Å². The average molecular weight is 249 g/mol. The van der Waals surface area contributed by atoms with Gasteiger partial charge >= 0.3 is 7.12 Å². The minimum Gasteiger partial charge on any atom is -0.398 e. The minimum absolute atomic E-state index is 0.371. The molecule has 0 N–H and O–H groups in total. The molecule has 1 aliphatic heterocycles. The summed E-state index contributed by atoms with van der Waals surface area (Å²) in [6.07, 6.45) is 1.50. The van der Waals surface area contributed by atoms with Gasteiger partial charge in [-0.3, -0.25) is 4.98 Å². The second-order valence-corrected chi connectivity index (χ2v) is 5.43. The molecule has 1 aromatic heterocycles. The molecule has 0 aliphatic carbocycles. The third kappa shape index (κ3) is 2.20. The van der Waals surface area contributed by atoms with Gasteiger partial charge in [0.25, 0.3) is 0 Å². The van der Waals surface area contributed by atoms with Crippen molar-refractivity contribution in [2.75, 3.05) is 0 Å². The fourth-order valence-corrected chi connectivity index (χ4v) is 1.73. The van der Waals surface area contributed by atoms with Gasteiger partial charge < -0.3 is 9.31 Å². The second-order valence-electron chi connectivity index (χ2n) is 5.43. The molecule has 5 heteroatoms. The van der Waals surface area contributed by atoms with Crippen molar-refractivity contribution in [3.63, 3.8) is 0 Å². The molecule has 3 nitrogen and oxygen atoms in total. The number of pyridine rings is 1. The number of nitrogens with zero attached hydrogens (tertiary/aromatic N) is 1. The van der Waals surface area contributed by atoms with E-state index in [2.05, 4.69) is 11.6 Å². The molecule has 1 saturated heterocycles. The highest BCUT2D eigenvalue weighted by atomic mass is 19.1. The Labute approximate surface area is 107 Å². The van der Waals surface area contributed by atoms with Crippen molar-refractivity contribution < 1.29 is 13.7 Å². The van der Waals surface area contributed by atoms with E-state index in [1.165, 1.54) is 18.2 Å². The largest absolute Gasteiger partial charge is 0.514 e. The summed E-state index contributed by atoms with van der Waals surface area (Å²) in [7, 11) is -0.649. The van der Waals surface area contributed by atoms with Gasteiger partial charge in [-0.1, -0.05) is 6.58 Å². The highest BCUT2D eigenvalue weighted by molar-refractivity contribution is 6.61. The van der Waals surface area contributed by atoms with Gasteiger partial charge in [-0.2, -0.15) is 0 Å². The molecular weight excluding hydrogens is 232 g/mol. The van der Waals surface area contributed by atoms with Crippen molar-refractivity contribution in [2.24, 2.45) is 0 Å². The highest BCUT2D eigenvalue weighted by Gasteiger charge is 2.52. The molecule has 0 bridgehead atoms. The summed E-state index contributed by atoms with van der Waals surface area (Å²) in [5.41, 5.74) is -0.0109. The summed E-state index contributed by atoms with van der Waals surface area (Å²) in [5, 5.41) is 0. The molecule has 0 spiro atoms. The van der Waals surface area contributed by atoms with Gasteiger partial charge in [0.2, 0.25) is 0 Å². The average Bonchev–Trinajstić information content (AvgIpc) is 2.47. The molecular formula is C13H17BFNO2. The highest BCUT2D eigenvalue weighted by Crippen LogP contribution is 2.36. The van der Waals surface area contributed by atoms with Gasteiger partial charge in [0.1, 0.15) is 5.82 Å². The van der Waals surface area contributed by atoms with Gasteiger partial charge in [0.15, 0.2) is 0 Å². The first-order chi connectivity index (χ1) is 8.25. The fourth-order valence-electron chi connectivity index (χ4n) is 1.73. The zero-order chi connectivity index (χ0) is 13.6. The number of rotatable bonds is 2. The molecule has 1 aliphatic rings. The van der Waals surface area contributed by atoms with Crippen molar-refractivity contribution in [1.82, 2.24) is 4.98 Å². The summed E-state index contributed by atoms with van der Waals surface area (Å²) in [6, 6.07) is 2.65. The van der Waals surface area contributed by atoms with E-state index < -0.39 is 18.3 Å². The standard InChI is InChI=1S/C13H17BFNO2/c1-6-10-7-9(15)8-11(16-10)14-17-12(2,3)13(4,5)18-14/h6-8H,1H2,2-5H3. The number of aromatic nitrogens is 1. The van der Waals surface area contributed by atoms with Gasteiger partial charge in [0, 0.05) is 0 Å². The van der Waals surface area contributed by atoms with Gasteiger partial charge in [-0.15, -0.1) is 0 Å². The molecule has 1 fully saturated rings. The molecule has 0 amide bonds. The summed E-state index contributed by atoms with van der Waals surface area (Å²) in [5.74, 6) is -0.371. The lowest BCUT2D eigenvalue weighted by molar-refractivity contribution is 0.00578. The van der Waals surface area contributed by atoms with Crippen LogP contribution in [-0.2, 0) is 9.31 Å². The lowest BCUT2D eigenvalue weighted by Crippen LogP contribution is -2.41. The quantitative estimate of drug-likeness (QED) is 0.752. The molecule has 1 aromatic rings. The van der Waals surface area contributed by atoms with Crippen molar-refractivity contribution in [3.05, 3.63) is 30.2 Å². The van der Waals surface area contributed by atoms with Crippen LogP contribution in [0.3, 0.4) is 0 Å². The van der Waals surface area contributed by atoms with E-state index in [0.29, 0.717) is 11.3 Å². The Morgan fingerprint density at radius 3 is 2.28 bits per heavy atom. The topological polar surface area (TPSA) is 31.4 Å². The molecule has 0 aromatic carbocycles. The maximum absolute atomic E-state index is 13.5. The summed E-state index contributed by atoms with van der Waals surface area (Å²) in [6.45, 7) is 11.4. The Morgan fingerprint density at radius 2 is 1.78 bits per heavy atom. The van der Waals surface area contributed by atoms with Crippen LogP contribution in [0.25, 0.3) is 6.08 Å². The van der Waals surface area contributed by atoms with Crippen molar-refractivity contribution >= 4 is 18.8 Å². The Kier molecular flexibility index (Phi) is 3.07. The van der Waals surface area contributed by atoms with Crippen LogP contribution in [-0.4, -0.2) is 23.3 Å². The normalized spacial score (nSPS) is 21.1. The number of halogens is 1. The van der Waals surface area contributed by atoms with Gasteiger partial charge in [-0.05, 0) is 45.9 Å². The van der Waals surface area contributed by atoms with E-state index >= 15 is 0 Å². The SMILES string of the molecule is C=Cc1cc(F)cc(B2OC(C)(C)C(C)(C)O2)n1. The first kappa shape index (κ1) is 13.2. The Bertz CT molecular complexity index is 472. The molecule has 96 valence electrons. The van der Waals surface area contributed by atoms with Crippen LogP contribution < -0.4 is 5.59 Å². The van der Waals surface area contributed by atoms with Crippen molar-refractivity contribution in [1.29, 1.82) is 0 Å². The van der Waals surface area contributed by atoms with Gasteiger partial charge in [-0.25, -0.2) is 4.39 Å². The van der Waals surface area contributed by atoms with E-state index in [9.17, 15) is 4.39 Å². The predicted octanol–water partition coefficient (Wildman–Crippen LogP) is 2.16. The van der Waals surface area contributed by atoms with Crippen LogP contribution in [0.15, 0.2) is 18.7 Å². The first-order valence-corrected chi connectivity index (χ1v) is 5.91. The van der Waals surface area contributed by atoms with Gasteiger partial charge in [0.05, 0.1) is 22.5 Å². The summed E-state index contributed by atoms with van der Waals surface area (Å²) >= 11 is 0. The van der Waals surface area contributed by atoms with Crippen LogP contribution in [0.2, 0.25) is 0 Å². The van der Waals surface area contributed by atoms with E-state index in [0.717, 1.165) is 0 Å². The molecule has 0 radical (unpaired) electrons. The smallest absolute Gasteiger partial charge is 0.398 e. The maximum Gasteiger partial charge on any atom is 0.514 e. The molecule has 0 saturated carbocycles. The second kappa shape index (κ2) is 4.18. The van der Waals surface area contributed by atoms with Crippen LogP contribution in [0, 0.1) is 5.82 Å². The fraction of sp³-hybridized carbons (Fsp3) is 0.462. The summed E-state index contributed by atoms with van der Waals surface area (Å²) in [4.78, 5) is 4.26. The van der Waals surface area contributed by atoms with Crippen LogP contribution in [0.5, 0.6) is 0 Å². The molecule has 18 heavy (non-hydrogen) atoms. The van der Waals surface area contributed by atoms with E-state index in [1.807, 2.05) is 27.7 Å². The minimum atomic E-state index is -0.649. The van der Waals surface area contributed by atoms with Crippen molar-refractivity contribution in [3.8, 4) is 0 Å². The lowest BCUT2D eigenvalue weighted by Gasteiger charge is -2.32. The number of hydrogen-bond donors (Lipinski definition) is 0. The predicted molar refractivity (Wildman–Crippen MR) is 70.0 cm³/mol. The Balaban J connectivity index is 2.35. The molecule has 2 heterocycles. The van der Waals surface area contributed by atoms with Crippen LogP contribution >= 0.6 is 0 Å².